The summed E-state index contributed by atoms with van der Waals surface area (Å²) in [7, 11) is 0. The van der Waals surface area contributed by atoms with E-state index in [4.69, 9.17) is 9.47 Å². The summed E-state index contributed by atoms with van der Waals surface area (Å²) in [5.41, 5.74) is 1.05. The van der Waals surface area contributed by atoms with Crippen LogP contribution in [0.3, 0.4) is 0 Å². The Morgan fingerprint density at radius 2 is 2.12 bits per heavy atom. The van der Waals surface area contributed by atoms with Crippen LogP contribution in [0, 0.1) is 0 Å². The molecule has 0 saturated heterocycles. The number of anilines is 1. The Balaban J connectivity index is 1.76. The summed E-state index contributed by atoms with van der Waals surface area (Å²) in [4.78, 5) is 4.22. The number of ether oxygens (including phenoxy) is 2. The van der Waals surface area contributed by atoms with Crippen LogP contribution >= 0.6 is 0 Å². The van der Waals surface area contributed by atoms with Crippen molar-refractivity contribution in [3.8, 4) is 5.88 Å². The zero-order chi connectivity index (χ0) is 12.1. The van der Waals surface area contributed by atoms with Crippen LogP contribution < -0.4 is 10.1 Å². The molecule has 0 aromatic carbocycles. The maximum absolute atomic E-state index is 5.52. The second-order valence-corrected chi connectivity index (χ2v) is 4.21. The van der Waals surface area contributed by atoms with Gasteiger partial charge in [-0.15, -0.1) is 0 Å². The average Bonchev–Trinajstić information content (AvgIpc) is 2.29. The van der Waals surface area contributed by atoms with E-state index >= 15 is 0 Å². The molecule has 1 aromatic rings. The van der Waals surface area contributed by atoms with Crippen LogP contribution in [0.5, 0.6) is 5.88 Å². The summed E-state index contributed by atoms with van der Waals surface area (Å²) in [6, 6.07) is 4.42. The zero-order valence-corrected chi connectivity index (χ0v) is 10.5. The van der Waals surface area contributed by atoms with Gasteiger partial charge in [-0.2, -0.15) is 0 Å². The van der Waals surface area contributed by atoms with Gasteiger partial charge in [0.05, 0.1) is 24.6 Å². The third-order valence-electron chi connectivity index (χ3n) is 2.90. The highest BCUT2D eigenvalue weighted by atomic mass is 16.5. The standard InChI is InChI=1S/C13H20N2O2/c1-3-16-12-7-11(8-12)15-10-5-6-13(14-9-10)17-4-2/h5-6,9,11-12,15H,3-4,7-8H2,1-2H3. The minimum atomic E-state index is 0.438. The fraction of sp³-hybridized carbons (Fsp3) is 0.615. The van der Waals surface area contributed by atoms with Crippen LogP contribution in [0.2, 0.25) is 0 Å². The normalized spacial score (nSPS) is 22.9. The summed E-state index contributed by atoms with van der Waals surface area (Å²) in [6.07, 6.45) is 4.43. The molecule has 1 aromatic heterocycles. The molecule has 0 amide bonds. The fourth-order valence-corrected chi connectivity index (χ4v) is 1.99. The second-order valence-electron chi connectivity index (χ2n) is 4.21. The summed E-state index contributed by atoms with van der Waals surface area (Å²) in [6.45, 7) is 5.45. The molecular weight excluding hydrogens is 216 g/mol. The van der Waals surface area contributed by atoms with Crippen molar-refractivity contribution >= 4 is 5.69 Å². The molecule has 17 heavy (non-hydrogen) atoms. The third kappa shape index (κ3) is 3.33. The van der Waals surface area contributed by atoms with Crippen molar-refractivity contribution < 1.29 is 9.47 Å². The quantitative estimate of drug-likeness (QED) is 0.824. The van der Waals surface area contributed by atoms with Gasteiger partial charge in [-0.25, -0.2) is 4.98 Å². The number of pyridine rings is 1. The maximum Gasteiger partial charge on any atom is 0.213 e. The largest absolute Gasteiger partial charge is 0.478 e. The first-order valence-electron chi connectivity index (χ1n) is 6.28. The highest BCUT2D eigenvalue weighted by Gasteiger charge is 2.29. The lowest BCUT2D eigenvalue weighted by atomic mass is 9.89. The number of hydrogen-bond donors (Lipinski definition) is 1. The van der Waals surface area contributed by atoms with Gasteiger partial charge >= 0.3 is 0 Å². The summed E-state index contributed by atoms with van der Waals surface area (Å²) in [5, 5.41) is 3.44. The monoisotopic (exact) mass is 236 g/mol. The number of nitrogens with zero attached hydrogens (tertiary/aromatic N) is 1. The Kier molecular flexibility index (Phi) is 4.20. The van der Waals surface area contributed by atoms with Crippen molar-refractivity contribution in [3.05, 3.63) is 18.3 Å². The summed E-state index contributed by atoms with van der Waals surface area (Å²) in [5.74, 6) is 0.679. The van der Waals surface area contributed by atoms with Gasteiger partial charge in [-0.3, -0.25) is 0 Å². The molecule has 1 fully saturated rings. The van der Waals surface area contributed by atoms with E-state index in [0.29, 0.717) is 24.6 Å². The molecule has 0 unspecified atom stereocenters. The lowest BCUT2D eigenvalue weighted by Crippen LogP contribution is -2.40. The minimum Gasteiger partial charge on any atom is -0.478 e. The summed E-state index contributed by atoms with van der Waals surface area (Å²) >= 11 is 0. The molecular formula is C13H20N2O2. The molecule has 1 aliphatic rings. The Labute approximate surface area is 102 Å². The molecule has 0 radical (unpaired) electrons. The van der Waals surface area contributed by atoms with Crippen LogP contribution in [0.1, 0.15) is 26.7 Å². The first-order chi connectivity index (χ1) is 8.31. The summed E-state index contributed by atoms with van der Waals surface area (Å²) < 4.78 is 10.8. The average molecular weight is 236 g/mol. The molecule has 1 aliphatic carbocycles. The molecule has 4 heteroatoms. The van der Waals surface area contributed by atoms with E-state index in [0.717, 1.165) is 25.1 Å². The van der Waals surface area contributed by atoms with E-state index in [1.54, 1.807) is 0 Å². The van der Waals surface area contributed by atoms with Crippen LogP contribution in [-0.2, 0) is 4.74 Å². The van der Waals surface area contributed by atoms with E-state index in [2.05, 4.69) is 10.3 Å². The van der Waals surface area contributed by atoms with Crippen molar-refractivity contribution in [2.24, 2.45) is 0 Å². The van der Waals surface area contributed by atoms with Crippen molar-refractivity contribution in [1.29, 1.82) is 0 Å². The predicted molar refractivity (Wildman–Crippen MR) is 67.5 cm³/mol. The Hall–Kier alpha value is -1.29. The SMILES string of the molecule is CCOc1ccc(NC2CC(OCC)C2)cn1. The first kappa shape index (κ1) is 12.2. The van der Waals surface area contributed by atoms with E-state index in [1.165, 1.54) is 0 Å². The van der Waals surface area contributed by atoms with Gasteiger partial charge in [0.2, 0.25) is 5.88 Å². The highest BCUT2D eigenvalue weighted by molar-refractivity contribution is 5.43. The molecule has 4 nitrogen and oxygen atoms in total. The molecule has 1 N–H and O–H groups in total. The molecule has 2 rings (SSSR count). The lowest BCUT2D eigenvalue weighted by molar-refractivity contribution is 0.00298. The predicted octanol–water partition coefficient (Wildman–Crippen LogP) is 2.46. The topological polar surface area (TPSA) is 43.4 Å². The smallest absolute Gasteiger partial charge is 0.213 e. The molecule has 1 saturated carbocycles. The lowest BCUT2D eigenvalue weighted by Gasteiger charge is -2.35. The van der Waals surface area contributed by atoms with Gasteiger partial charge in [-0.1, -0.05) is 0 Å². The Morgan fingerprint density at radius 1 is 1.29 bits per heavy atom. The van der Waals surface area contributed by atoms with E-state index in [1.807, 2.05) is 32.2 Å². The highest BCUT2D eigenvalue weighted by Crippen LogP contribution is 2.26. The Morgan fingerprint density at radius 3 is 2.71 bits per heavy atom. The van der Waals surface area contributed by atoms with Gasteiger partial charge < -0.3 is 14.8 Å². The maximum atomic E-state index is 5.52. The van der Waals surface area contributed by atoms with Gasteiger partial charge in [0.15, 0.2) is 0 Å². The van der Waals surface area contributed by atoms with Gasteiger partial charge in [0, 0.05) is 18.7 Å². The zero-order valence-electron chi connectivity index (χ0n) is 10.5. The van der Waals surface area contributed by atoms with Crippen LogP contribution in [0.4, 0.5) is 5.69 Å². The fourth-order valence-electron chi connectivity index (χ4n) is 1.99. The van der Waals surface area contributed by atoms with Crippen molar-refractivity contribution in [3.63, 3.8) is 0 Å². The second kappa shape index (κ2) is 5.87. The van der Waals surface area contributed by atoms with Gasteiger partial charge in [-0.05, 0) is 32.8 Å². The third-order valence-corrected chi connectivity index (χ3v) is 2.90. The molecule has 0 bridgehead atoms. The number of aromatic nitrogens is 1. The molecule has 1 heterocycles. The van der Waals surface area contributed by atoms with Gasteiger partial charge in [0.1, 0.15) is 0 Å². The molecule has 94 valence electrons. The minimum absolute atomic E-state index is 0.438. The Bertz CT molecular complexity index is 334. The van der Waals surface area contributed by atoms with E-state index in [-0.39, 0.29) is 0 Å². The van der Waals surface area contributed by atoms with Crippen LogP contribution in [-0.4, -0.2) is 30.3 Å². The van der Waals surface area contributed by atoms with E-state index < -0.39 is 0 Å². The van der Waals surface area contributed by atoms with E-state index in [9.17, 15) is 0 Å². The van der Waals surface area contributed by atoms with Crippen LogP contribution in [0.25, 0.3) is 0 Å². The van der Waals surface area contributed by atoms with Crippen molar-refractivity contribution in [2.45, 2.75) is 38.8 Å². The van der Waals surface area contributed by atoms with Crippen molar-refractivity contribution in [1.82, 2.24) is 4.98 Å². The molecule has 0 spiro atoms. The van der Waals surface area contributed by atoms with Crippen LogP contribution in [0.15, 0.2) is 18.3 Å². The van der Waals surface area contributed by atoms with Crippen molar-refractivity contribution in [2.75, 3.05) is 18.5 Å². The number of hydrogen-bond acceptors (Lipinski definition) is 4. The molecule has 0 atom stereocenters. The number of rotatable bonds is 6. The van der Waals surface area contributed by atoms with Gasteiger partial charge in [0.25, 0.3) is 0 Å². The molecule has 0 aliphatic heterocycles. The number of nitrogens with one attached hydrogen (secondary N) is 1. The first-order valence-corrected chi connectivity index (χ1v) is 6.28.